The molecular formula is C28H33N7O. The summed E-state index contributed by atoms with van der Waals surface area (Å²) >= 11 is 0. The van der Waals surface area contributed by atoms with Gasteiger partial charge in [-0.1, -0.05) is 26.8 Å². The topological polar surface area (TPSA) is 89.7 Å². The summed E-state index contributed by atoms with van der Waals surface area (Å²) in [6.45, 7) is 11.4. The Morgan fingerprint density at radius 3 is 2.64 bits per heavy atom. The molecule has 2 N–H and O–H groups in total. The summed E-state index contributed by atoms with van der Waals surface area (Å²) in [5, 5.41) is 7.56. The normalized spacial score (nSPS) is 16.5. The minimum absolute atomic E-state index is 0.0571. The first-order chi connectivity index (χ1) is 17.2. The zero-order valence-corrected chi connectivity index (χ0v) is 21.6. The first-order valence-electron chi connectivity index (χ1n) is 12.8. The standard InChI is InChI=1S/C28H33N7O/c1-17(2)34-25(36)21-16-30-26(32-19-6-7-22-18(14-19)8-13-31-28(22)10-11-28)33-24(21)35(34)20-9-12-29-23(15-20)27(3,4)5/h6-7,9,12,14-17,31H,8,10-11,13H2,1-5H3,(H,30,32,33). The van der Waals surface area contributed by atoms with Crippen molar-refractivity contribution in [3.63, 3.8) is 0 Å². The molecule has 1 aliphatic carbocycles. The Morgan fingerprint density at radius 2 is 1.92 bits per heavy atom. The van der Waals surface area contributed by atoms with E-state index < -0.39 is 0 Å². The van der Waals surface area contributed by atoms with Crippen molar-refractivity contribution in [1.82, 2.24) is 29.6 Å². The van der Waals surface area contributed by atoms with Crippen LogP contribution in [0.2, 0.25) is 0 Å². The molecule has 0 bridgehead atoms. The Labute approximate surface area is 210 Å². The molecule has 3 aromatic heterocycles. The summed E-state index contributed by atoms with van der Waals surface area (Å²) in [5.74, 6) is 0.470. The molecule has 4 heterocycles. The predicted octanol–water partition coefficient (Wildman–Crippen LogP) is 4.73. The molecule has 0 unspecified atom stereocenters. The van der Waals surface area contributed by atoms with Gasteiger partial charge in [-0.15, -0.1) is 0 Å². The van der Waals surface area contributed by atoms with Gasteiger partial charge in [0, 0.05) is 47.3 Å². The van der Waals surface area contributed by atoms with Gasteiger partial charge in [-0.2, -0.15) is 4.98 Å². The van der Waals surface area contributed by atoms with E-state index >= 15 is 0 Å². The van der Waals surface area contributed by atoms with Gasteiger partial charge >= 0.3 is 0 Å². The van der Waals surface area contributed by atoms with E-state index in [9.17, 15) is 4.79 Å². The van der Waals surface area contributed by atoms with Gasteiger partial charge in [-0.25, -0.2) is 14.3 Å². The van der Waals surface area contributed by atoms with Crippen molar-refractivity contribution in [2.45, 2.75) is 70.9 Å². The van der Waals surface area contributed by atoms with Crippen LogP contribution in [-0.2, 0) is 17.4 Å². The van der Waals surface area contributed by atoms with Crippen molar-refractivity contribution in [2.75, 3.05) is 11.9 Å². The van der Waals surface area contributed by atoms with Crippen LogP contribution >= 0.6 is 0 Å². The van der Waals surface area contributed by atoms with Crippen LogP contribution in [-0.4, -0.2) is 30.9 Å². The molecule has 36 heavy (non-hydrogen) atoms. The van der Waals surface area contributed by atoms with Crippen LogP contribution in [0.25, 0.3) is 16.7 Å². The zero-order chi connectivity index (χ0) is 25.2. The number of hydrogen-bond donors (Lipinski definition) is 2. The van der Waals surface area contributed by atoms with Gasteiger partial charge in [0.05, 0.1) is 5.69 Å². The Balaban J connectivity index is 1.44. The highest BCUT2D eigenvalue weighted by molar-refractivity contribution is 5.77. The number of pyridine rings is 1. The Bertz CT molecular complexity index is 1540. The van der Waals surface area contributed by atoms with E-state index in [1.54, 1.807) is 17.1 Å². The number of benzene rings is 1. The largest absolute Gasteiger partial charge is 0.324 e. The second-order valence-corrected chi connectivity index (χ2v) is 11.4. The lowest BCUT2D eigenvalue weighted by Gasteiger charge is -2.27. The summed E-state index contributed by atoms with van der Waals surface area (Å²) in [4.78, 5) is 27.3. The van der Waals surface area contributed by atoms with Crippen molar-refractivity contribution in [3.8, 4) is 5.69 Å². The van der Waals surface area contributed by atoms with Gasteiger partial charge in [-0.3, -0.25) is 9.78 Å². The smallest absolute Gasteiger partial charge is 0.278 e. The fourth-order valence-electron chi connectivity index (χ4n) is 5.31. The average Bonchev–Trinajstić information content (AvgIpc) is 3.54. The molecule has 1 aromatic carbocycles. The third-order valence-corrected chi connectivity index (χ3v) is 7.35. The molecule has 1 spiro atoms. The van der Waals surface area contributed by atoms with Gasteiger partial charge < -0.3 is 10.6 Å². The van der Waals surface area contributed by atoms with Crippen LogP contribution in [0.15, 0.2) is 47.5 Å². The molecule has 4 aromatic rings. The second kappa shape index (κ2) is 8.00. The Morgan fingerprint density at radius 1 is 1.11 bits per heavy atom. The molecule has 186 valence electrons. The van der Waals surface area contributed by atoms with E-state index in [2.05, 4.69) is 59.6 Å². The van der Waals surface area contributed by atoms with E-state index in [1.807, 2.05) is 30.7 Å². The average molecular weight is 484 g/mol. The molecule has 0 amide bonds. The van der Waals surface area contributed by atoms with Crippen LogP contribution in [0.3, 0.4) is 0 Å². The molecular weight excluding hydrogens is 450 g/mol. The lowest BCUT2D eigenvalue weighted by Crippen LogP contribution is -2.36. The number of rotatable bonds is 4. The second-order valence-electron chi connectivity index (χ2n) is 11.4. The highest BCUT2D eigenvalue weighted by Gasteiger charge is 2.46. The molecule has 8 nitrogen and oxygen atoms in total. The molecule has 0 atom stereocenters. The third-order valence-electron chi connectivity index (χ3n) is 7.35. The number of nitrogens with one attached hydrogen (secondary N) is 2. The minimum Gasteiger partial charge on any atom is -0.324 e. The van der Waals surface area contributed by atoms with Crippen molar-refractivity contribution in [2.24, 2.45) is 0 Å². The molecule has 1 aliphatic heterocycles. The first kappa shape index (κ1) is 22.9. The van der Waals surface area contributed by atoms with Crippen LogP contribution in [0.1, 0.15) is 70.3 Å². The van der Waals surface area contributed by atoms with Gasteiger partial charge in [0.1, 0.15) is 5.39 Å². The van der Waals surface area contributed by atoms with Crippen molar-refractivity contribution < 1.29 is 0 Å². The molecule has 0 saturated heterocycles. The van der Waals surface area contributed by atoms with Crippen molar-refractivity contribution in [1.29, 1.82) is 0 Å². The van der Waals surface area contributed by atoms with Gasteiger partial charge in [0.25, 0.3) is 5.56 Å². The van der Waals surface area contributed by atoms with Gasteiger partial charge in [0.2, 0.25) is 5.95 Å². The molecule has 2 aliphatic rings. The monoisotopic (exact) mass is 483 g/mol. The molecule has 0 radical (unpaired) electrons. The summed E-state index contributed by atoms with van der Waals surface area (Å²) in [7, 11) is 0. The number of anilines is 2. The predicted molar refractivity (Wildman–Crippen MR) is 142 cm³/mol. The zero-order valence-electron chi connectivity index (χ0n) is 21.6. The quantitative estimate of drug-likeness (QED) is 0.436. The molecule has 8 heteroatoms. The lowest BCUT2D eigenvalue weighted by molar-refractivity contribution is 0.474. The maximum atomic E-state index is 13.4. The van der Waals surface area contributed by atoms with Crippen LogP contribution < -0.4 is 16.2 Å². The highest BCUT2D eigenvalue weighted by atomic mass is 16.1. The van der Waals surface area contributed by atoms with Crippen molar-refractivity contribution >= 4 is 22.7 Å². The SMILES string of the molecule is CC(C)n1c(=O)c2cnc(Nc3ccc4c(c3)CCNC43CC3)nc2n1-c1ccnc(C(C)(C)C)c1. The number of nitrogens with zero attached hydrogens (tertiary/aromatic N) is 5. The number of hydrogen-bond acceptors (Lipinski definition) is 6. The van der Waals surface area contributed by atoms with E-state index in [4.69, 9.17) is 4.98 Å². The van der Waals surface area contributed by atoms with E-state index in [0.717, 1.165) is 30.0 Å². The number of fused-ring (bicyclic) bond motifs is 3. The Hall–Kier alpha value is -3.52. The van der Waals surface area contributed by atoms with E-state index in [-0.39, 0.29) is 22.6 Å². The lowest BCUT2D eigenvalue weighted by atomic mass is 9.91. The first-order valence-corrected chi connectivity index (χ1v) is 12.8. The molecule has 1 saturated carbocycles. The minimum atomic E-state index is -0.120. The fraction of sp³-hybridized carbons (Fsp3) is 0.429. The summed E-state index contributed by atoms with van der Waals surface area (Å²) in [6.07, 6.45) is 6.87. The van der Waals surface area contributed by atoms with E-state index in [0.29, 0.717) is 17.0 Å². The summed E-state index contributed by atoms with van der Waals surface area (Å²) < 4.78 is 3.65. The fourth-order valence-corrected chi connectivity index (χ4v) is 5.31. The van der Waals surface area contributed by atoms with Crippen LogP contribution in [0, 0.1) is 0 Å². The van der Waals surface area contributed by atoms with Crippen LogP contribution in [0.5, 0.6) is 0 Å². The highest BCUT2D eigenvalue weighted by Crippen LogP contribution is 2.48. The Kier molecular flexibility index (Phi) is 5.09. The molecule has 1 fully saturated rings. The maximum absolute atomic E-state index is 13.4. The van der Waals surface area contributed by atoms with Gasteiger partial charge in [0.15, 0.2) is 5.65 Å². The number of aromatic nitrogens is 5. The maximum Gasteiger partial charge on any atom is 0.278 e. The summed E-state index contributed by atoms with van der Waals surface area (Å²) in [5.41, 5.74) is 6.14. The third kappa shape index (κ3) is 3.71. The van der Waals surface area contributed by atoms with E-state index in [1.165, 1.54) is 24.0 Å². The van der Waals surface area contributed by atoms with Gasteiger partial charge in [-0.05, 0) is 68.5 Å². The molecule has 6 rings (SSSR count). The van der Waals surface area contributed by atoms with Crippen molar-refractivity contribution in [3.05, 3.63) is 69.9 Å². The summed E-state index contributed by atoms with van der Waals surface area (Å²) in [6, 6.07) is 10.5. The van der Waals surface area contributed by atoms with Crippen LogP contribution in [0.4, 0.5) is 11.6 Å².